The van der Waals surface area contributed by atoms with E-state index in [2.05, 4.69) is 13.8 Å². The zero-order valence-electron chi connectivity index (χ0n) is 7.95. The van der Waals surface area contributed by atoms with Crippen molar-refractivity contribution in [2.75, 3.05) is 20.1 Å². The second-order valence-electron chi connectivity index (χ2n) is 3.56. The second kappa shape index (κ2) is 5.11. The van der Waals surface area contributed by atoms with Crippen molar-refractivity contribution in [3.05, 3.63) is 0 Å². The van der Waals surface area contributed by atoms with E-state index in [1.54, 1.807) is 0 Å². The highest BCUT2D eigenvalue weighted by Gasteiger charge is 2.14. The lowest BCUT2D eigenvalue weighted by molar-refractivity contribution is -0.138. The van der Waals surface area contributed by atoms with Gasteiger partial charge in [0.05, 0.1) is 0 Å². The van der Waals surface area contributed by atoms with Crippen molar-refractivity contribution in [3.63, 3.8) is 0 Å². The van der Waals surface area contributed by atoms with Crippen molar-refractivity contribution < 1.29 is 9.90 Å². The number of hydrogen-bond acceptors (Lipinski definition) is 3. The van der Waals surface area contributed by atoms with Crippen LogP contribution in [-0.4, -0.2) is 42.2 Å². The average Bonchev–Trinajstić information content (AvgIpc) is 1.84. The summed E-state index contributed by atoms with van der Waals surface area (Å²) in [7, 11) is 1.88. The molecule has 0 radical (unpaired) electrons. The van der Waals surface area contributed by atoms with Crippen LogP contribution in [0.3, 0.4) is 0 Å². The molecule has 0 rings (SSSR count). The zero-order valence-corrected chi connectivity index (χ0v) is 7.95. The van der Waals surface area contributed by atoms with Crippen LogP contribution < -0.4 is 5.73 Å². The molecule has 0 aliphatic heterocycles. The Balaban J connectivity index is 3.68. The van der Waals surface area contributed by atoms with Crippen LogP contribution in [0.25, 0.3) is 0 Å². The summed E-state index contributed by atoms with van der Waals surface area (Å²) >= 11 is 0. The van der Waals surface area contributed by atoms with Crippen LogP contribution in [0.2, 0.25) is 0 Å². The molecule has 0 bridgehead atoms. The molecule has 72 valence electrons. The zero-order chi connectivity index (χ0) is 9.72. The van der Waals surface area contributed by atoms with Crippen molar-refractivity contribution in [2.45, 2.75) is 19.9 Å². The number of carboxylic acid groups (broad SMARTS) is 1. The molecule has 0 saturated heterocycles. The van der Waals surface area contributed by atoms with Gasteiger partial charge in [-0.15, -0.1) is 0 Å². The van der Waals surface area contributed by atoms with Crippen molar-refractivity contribution in [3.8, 4) is 0 Å². The Morgan fingerprint density at radius 2 is 2.00 bits per heavy atom. The minimum Gasteiger partial charge on any atom is -0.480 e. The third-order valence-corrected chi connectivity index (χ3v) is 1.50. The Morgan fingerprint density at radius 1 is 1.50 bits per heavy atom. The van der Waals surface area contributed by atoms with Gasteiger partial charge < -0.3 is 15.7 Å². The summed E-state index contributed by atoms with van der Waals surface area (Å²) in [5.74, 6) is -0.401. The van der Waals surface area contributed by atoms with Gasteiger partial charge in [-0.05, 0) is 13.0 Å². The number of rotatable bonds is 5. The van der Waals surface area contributed by atoms with Gasteiger partial charge >= 0.3 is 5.97 Å². The molecule has 0 aliphatic carbocycles. The van der Waals surface area contributed by atoms with Crippen LogP contribution in [0, 0.1) is 5.92 Å². The minimum absolute atomic E-state index is 0.410. The predicted octanol–water partition coefficient (Wildman–Crippen LogP) is -0.0139. The van der Waals surface area contributed by atoms with Gasteiger partial charge in [0.1, 0.15) is 6.04 Å². The molecular weight excluding hydrogens is 156 g/mol. The van der Waals surface area contributed by atoms with Gasteiger partial charge in [-0.1, -0.05) is 13.8 Å². The van der Waals surface area contributed by atoms with Gasteiger partial charge in [-0.3, -0.25) is 4.79 Å². The molecule has 0 spiro atoms. The molecule has 0 fully saturated rings. The van der Waals surface area contributed by atoms with Gasteiger partial charge in [-0.2, -0.15) is 0 Å². The van der Waals surface area contributed by atoms with E-state index in [0.717, 1.165) is 6.54 Å². The largest absolute Gasteiger partial charge is 0.480 e. The Morgan fingerprint density at radius 3 is 2.33 bits per heavy atom. The fraction of sp³-hybridized carbons (Fsp3) is 0.875. The number of likely N-dealkylation sites (N-methyl/N-ethyl adjacent to an activating group) is 1. The van der Waals surface area contributed by atoms with Crippen LogP contribution >= 0.6 is 0 Å². The molecule has 0 aliphatic rings. The van der Waals surface area contributed by atoms with E-state index in [0.29, 0.717) is 12.5 Å². The van der Waals surface area contributed by atoms with Crippen LogP contribution in [0.1, 0.15) is 13.8 Å². The molecule has 0 amide bonds. The summed E-state index contributed by atoms with van der Waals surface area (Å²) < 4.78 is 0. The van der Waals surface area contributed by atoms with Crippen molar-refractivity contribution in [1.29, 1.82) is 0 Å². The summed E-state index contributed by atoms with van der Waals surface area (Å²) in [6.45, 7) is 5.46. The Kier molecular flexibility index (Phi) is 4.85. The molecule has 0 aromatic heterocycles. The molecule has 1 unspecified atom stereocenters. The SMILES string of the molecule is CC(C)CN(C)CC(N)C(=O)O. The van der Waals surface area contributed by atoms with Crippen LogP contribution in [0.5, 0.6) is 0 Å². The third-order valence-electron chi connectivity index (χ3n) is 1.50. The van der Waals surface area contributed by atoms with E-state index in [9.17, 15) is 4.79 Å². The van der Waals surface area contributed by atoms with Crippen molar-refractivity contribution in [2.24, 2.45) is 11.7 Å². The van der Waals surface area contributed by atoms with Crippen LogP contribution in [0.15, 0.2) is 0 Å². The highest BCUT2D eigenvalue weighted by Crippen LogP contribution is 1.96. The normalized spacial score (nSPS) is 13.8. The van der Waals surface area contributed by atoms with Crippen molar-refractivity contribution >= 4 is 5.97 Å². The maximum absolute atomic E-state index is 10.4. The highest BCUT2D eigenvalue weighted by atomic mass is 16.4. The van der Waals surface area contributed by atoms with E-state index in [4.69, 9.17) is 10.8 Å². The van der Waals surface area contributed by atoms with E-state index < -0.39 is 12.0 Å². The first-order chi connectivity index (χ1) is 5.43. The highest BCUT2D eigenvalue weighted by molar-refractivity contribution is 5.73. The average molecular weight is 174 g/mol. The minimum atomic E-state index is -0.939. The molecule has 0 saturated carbocycles. The van der Waals surface area contributed by atoms with E-state index in [1.165, 1.54) is 0 Å². The van der Waals surface area contributed by atoms with Gasteiger partial charge in [0, 0.05) is 13.1 Å². The number of carboxylic acids is 1. The van der Waals surface area contributed by atoms with E-state index in [-0.39, 0.29) is 0 Å². The lowest BCUT2D eigenvalue weighted by atomic mass is 10.2. The van der Waals surface area contributed by atoms with Crippen molar-refractivity contribution in [1.82, 2.24) is 4.90 Å². The quantitative estimate of drug-likeness (QED) is 0.615. The van der Waals surface area contributed by atoms with Gasteiger partial charge in [0.25, 0.3) is 0 Å². The van der Waals surface area contributed by atoms with Crippen LogP contribution in [-0.2, 0) is 4.79 Å². The summed E-state index contributed by atoms with van der Waals surface area (Å²) in [4.78, 5) is 12.3. The van der Waals surface area contributed by atoms with E-state index >= 15 is 0 Å². The first kappa shape index (κ1) is 11.4. The first-order valence-electron chi connectivity index (χ1n) is 4.10. The number of nitrogens with zero attached hydrogens (tertiary/aromatic N) is 1. The molecule has 4 nitrogen and oxygen atoms in total. The molecule has 4 heteroatoms. The maximum Gasteiger partial charge on any atom is 0.321 e. The number of hydrogen-bond donors (Lipinski definition) is 2. The molecule has 0 aromatic rings. The molecule has 12 heavy (non-hydrogen) atoms. The fourth-order valence-electron chi connectivity index (χ4n) is 1.11. The Bertz CT molecular complexity index is 148. The fourth-order valence-corrected chi connectivity index (χ4v) is 1.11. The summed E-state index contributed by atoms with van der Waals surface area (Å²) in [6, 6.07) is -0.770. The number of aliphatic carboxylic acids is 1. The van der Waals surface area contributed by atoms with Gasteiger partial charge in [-0.25, -0.2) is 0 Å². The smallest absolute Gasteiger partial charge is 0.321 e. The predicted molar refractivity (Wildman–Crippen MR) is 47.9 cm³/mol. The summed E-state index contributed by atoms with van der Waals surface area (Å²) in [5.41, 5.74) is 5.35. The molecular formula is C8H18N2O2. The van der Waals surface area contributed by atoms with Gasteiger partial charge in [0.2, 0.25) is 0 Å². The topological polar surface area (TPSA) is 66.6 Å². The molecule has 0 heterocycles. The lowest BCUT2D eigenvalue weighted by Crippen LogP contribution is -2.42. The number of carbonyl (C=O) groups is 1. The Hall–Kier alpha value is -0.610. The Labute approximate surface area is 73.3 Å². The van der Waals surface area contributed by atoms with Gasteiger partial charge in [0.15, 0.2) is 0 Å². The summed E-state index contributed by atoms with van der Waals surface area (Å²) in [6.07, 6.45) is 0. The molecule has 3 N–H and O–H groups in total. The maximum atomic E-state index is 10.4. The standard InChI is InChI=1S/C8H18N2O2/c1-6(2)4-10(3)5-7(9)8(11)12/h6-7H,4-5,9H2,1-3H3,(H,11,12). The molecule has 0 aromatic carbocycles. The molecule has 1 atom stereocenters. The van der Waals surface area contributed by atoms with E-state index in [1.807, 2.05) is 11.9 Å². The van der Waals surface area contributed by atoms with Crippen LogP contribution in [0.4, 0.5) is 0 Å². The third kappa shape index (κ3) is 5.09. The first-order valence-corrected chi connectivity index (χ1v) is 4.10. The lowest BCUT2D eigenvalue weighted by Gasteiger charge is -2.20. The summed E-state index contributed by atoms with van der Waals surface area (Å²) in [5, 5.41) is 8.51. The number of nitrogens with two attached hydrogens (primary N) is 1. The second-order valence-corrected chi connectivity index (χ2v) is 3.56. The monoisotopic (exact) mass is 174 g/mol.